The Hall–Kier alpha value is -1.19. The van der Waals surface area contributed by atoms with Gasteiger partial charge in [-0.3, -0.25) is 9.59 Å². The Morgan fingerprint density at radius 2 is 1.71 bits per heavy atom. The van der Waals surface area contributed by atoms with Gasteiger partial charge in [-0.25, -0.2) is 4.79 Å². The van der Waals surface area contributed by atoms with Crippen molar-refractivity contribution in [3.8, 4) is 0 Å². The van der Waals surface area contributed by atoms with Gasteiger partial charge in [-0.2, -0.15) is 0 Å². The molecule has 1 aliphatic rings. The molecule has 0 spiro atoms. The van der Waals surface area contributed by atoms with Crippen molar-refractivity contribution in [2.45, 2.75) is 27.2 Å². The Labute approximate surface area is 82.3 Å². The lowest BCUT2D eigenvalue weighted by molar-refractivity contribution is -0.161. The largest absolute Gasteiger partial charge is 0.475 e. The normalized spacial score (nSPS) is 29.1. The fourth-order valence-electron chi connectivity index (χ4n) is 2.21. The first kappa shape index (κ1) is 10.9. The van der Waals surface area contributed by atoms with Crippen LogP contribution in [0.1, 0.15) is 27.2 Å². The number of carbonyl (C=O) groups is 3. The summed E-state index contributed by atoms with van der Waals surface area (Å²) < 4.78 is 0. The fraction of sp³-hybridized carbons (Fsp3) is 0.700. The first-order valence-electron chi connectivity index (χ1n) is 4.56. The van der Waals surface area contributed by atoms with Crippen LogP contribution in [0.2, 0.25) is 0 Å². The molecule has 1 aliphatic carbocycles. The maximum absolute atomic E-state index is 11.2. The summed E-state index contributed by atoms with van der Waals surface area (Å²) in [6.45, 7) is 5.02. The number of Topliss-reactive ketones (excluding diaryl/α,β-unsaturated/α-hetero) is 2. The molecule has 0 saturated heterocycles. The highest BCUT2D eigenvalue weighted by Gasteiger charge is 2.54. The minimum absolute atomic E-state index is 0.0319. The molecule has 1 fully saturated rings. The van der Waals surface area contributed by atoms with Gasteiger partial charge in [0.15, 0.2) is 0 Å². The van der Waals surface area contributed by atoms with Gasteiger partial charge in [-0.15, -0.1) is 0 Å². The van der Waals surface area contributed by atoms with E-state index in [4.69, 9.17) is 5.11 Å². The van der Waals surface area contributed by atoms with Crippen molar-refractivity contribution in [2.24, 2.45) is 17.3 Å². The van der Waals surface area contributed by atoms with Gasteiger partial charge in [0, 0.05) is 11.8 Å². The molecule has 0 radical (unpaired) electrons. The van der Waals surface area contributed by atoms with E-state index < -0.39 is 23.1 Å². The highest BCUT2D eigenvalue weighted by atomic mass is 16.4. The van der Waals surface area contributed by atoms with Crippen molar-refractivity contribution in [1.82, 2.24) is 0 Å². The van der Waals surface area contributed by atoms with E-state index in [1.54, 1.807) is 13.8 Å². The summed E-state index contributed by atoms with van der Waals surface area (Å²) in [5.41, 5.74) is -0.499. The standard InChI is InChI=1S/C10H14O4/c1-5(11)6-4-7(10(6,2)3)8(12)9(13)14/h6-7H,4H2,1-3H3,(H,13,14). The van der Waals surface area contributed by atoms with Crippen LogP contribution in [-0.2, 0) is 14.4 Å². The first-order chi connectivity index (χ1) is 6.28. The van der Waals surface area contributed by atoms with Crippen LogP contribution in [0.25, 0.3) is 0 Å². The molecule has 4 nitrogen and oxygen atoms in total. The van der Waals surface area contributed by atoms with Gasteiger partial charge in [0.2, 0.25) is 5.78 Å². The molecule has 0 bridgehead atoms. The average Bonchev–Trinajstić information content (AvgIpc) is 2.01. The third kappa shape index (κ3) is 1.45. The second-order valence-corrected chi connectivity index (χ2v) is 4.44. The van der Waals surface area contributed by atoms with Crippen molar-refractivity contribution in [3.63, 3.8) is 0 Å². The van der Waals surface area contributed by atoms with Crippen molar-refractivity contribution in [2.75, 3.05) is 0 Å². The van der Waals surface area contributed by atoms with Crippen LogP contribution in [0.5, 0.6) is 0 Å². The predicted molar refractivity (Wildman–Crippen MR) is 48.7 cm³/mol. The molecule has 78 valence electrons. The maximum Gasteiger partial charge on any atom is 0.372 e. The molecule has 14 heavy (non-hydrogen) atoms. The van der Waals surface area contributed by atoms with Crippen LogP contribution in [0.4, 0.5) is 0 Å². The topological polar surface area (TPSA) is 71.4 Å². The number of rotatable bonds is 3. The zero-order valence-corrected chi connectivity index (χ0v) is 8.53. The van der Waals surface area contributed by atoms with E-state index in [9.17, 15) is 14.4 Å². The molecule has 0 amide bonds. The zero-order valence-electron chi connectivity index (χ0n) is 8.53. The summed E-state index contributed by atoms with van der Waals surface area (Å²) in [7, 11) is 0. The molecule has 0 aromatic carbocycles. The predicted octanol–water partition coefficient (Wildman–Crippen LogP) is 0.891. The van der Waals surface area contributed by atoms with Crippen LogP contribution in [0.15, 0.2) is 0 Å². The van der Waals surface area contributed by atoms with E-state index in [2.05, 4.69) is 0 Å². The van der Waals surface area contributed by atoms with Crippen molar-refractivity contribution in [1.29, 1.82) is 0 Å². The number of hydrogen-bond donors (Lipinski definition) is 1. The Morgan fingerprint density at radius 3 is 2.00 bits per heavy atom. The maximum atomic E-state index is 11.2. The first-order valence-corrected chi connectivity index (χ1v) is 4.56. The second kappa shape index (κ2) is 3.19. The van der Waals surface area contributed by atoms with E-state index in [-0.39, 0.29) is 11.7 Å². The van der Waals surface area contributed by atoms with Gasteiger partial charge in [-0.05, 0) is 18.8 Å². The molecule has 0 heterocycles. The minimum Gasteiger partial charge on any atom is -0.475 e. The van der Waals surface area contributed by atoms with Gasteiger partial charge in [0.05, 0.1) is 0 Å². The summed E-state index contributed by atoms with van der Waals surface area (Å²) in [6, 6.07) is 0. The zero-order chi connectivity index (χ0) is 11.1. The third-order valence-electron chi connectivity index (χ3n) is 3.29. The van der Waals surface area contributed by atoms with E-state index in [1.807, 2.05) is 0 Å². The summed E-state index contributed by atoms with van der Waals surface area (Å²) in [5, 5.41) is 8.54. The van der Waals surface area contributed by atoms with Crippen molar-refractivity contribution in [3.05, 3.63) is 0 Å². The van der Waals surface area contributed by atoms with Gasteiger partial charge in [-0.1, -0.05) is 13.8 Å². The molecule has 4 heteroatoms. The molecular weight excluding hydrogens is 184 g/mol. The molecule has 1 N–H and O–H groups in total. The number of carbonyl (C=O) groups excluding carboxylic acids is 2. The number of ketones is 2. The Bertz CT molecular complexity index is 303. The average molecular weight is 198 g/mol. The summed E-state index contributed by atoms with van der Waals surface area (Å²) >= 11 is 0. The number of carboxylic acid groups (broad SMARTS) is 1. The highest BCUT2D eigenvalue weighted by molar-refractivity contribution is 6.34. The molecule has 1 saturated carbocycles. The Balaban J connectivity index is 2.77. The molecule has 0 aromatic rings. The van der Waals surface area contributed by atoms with Gasteiger partial charge >= 0.3 is 5.97 Å². The van der Waals surface area contributed by atoms with Crippen LogP contribution < -0.4 is 0 Å². The van der Waals surface area contributed by atoms with Gasteiger partial charge in [0.25, 0.3) is 0 Å². The smallest absolute Gasteiger partial charge is 0.372 e. The minimum atomic E-state index is -1.40. The van der Waals surface area contributed by atoms with E-state index >= 15 is 0 Å². The Morgan fingerprint density at radius 1 is 1.21 bits per heavy atom. The molecule has 0 aromatic heterocycles. The number of aliphatic carboxylic acids is 1. The monoisotopic (exact) mass is 198 g/mol. The lowest BCUT2D eigenvalue weighted by Gasteiger charge is -2.49. The molecule has 1 rings (SSSR count). The lowest BCUT2D eigenvalue weighted by Crippen LogP contribution is -2.53. The lowest BCUT2D eigenvalue weighted by atomic mass is 9.52. The Kier molecular flexibility index (Phi) is 2.48. The second-order valence-electron chi connectivity index (χ2n) is 4.44. The van der Waals surface area contributed by atoms with Gasteiger partial charge < -0.3 is 5.11 Å². The fourth-order valence-corrected chi connectivity index (χ4v) is 2.21. The van der Waals surface area contributed by atoms with Crippen molar-refractivity contribution >= 4 is 17.5 Å². The van der Waals surface area contributed by atoms with E-state index in [0.29, 0.717) is 6.42 Å². The highest BCUT2D eigenvalue weighted by Crippen LogP contribution is 2.51. The summed E-state index contributed by atoms with van der Waals surface area (Å²) in [6.07, 6.45) is 0.382. The summed E-state index contributed by atoms with van der Waals surface area (Å²) in [5.74, 6) is -2.81. The molecular formula is C10H14O4. The number of carboxylic acids is 1. The van der Waals surface area contributed by atoms with E-state index in [1.165, 1.54) is 6.92 Å². The number of hydrogen-bond acceptors (Lipinski definition) is 3. The van der Waals surface area contributed by atoms with E-state index in [0.717, 1.165) is 0 Å². The van der Waals surface area contributed by atoms with Crippen LogP contribution >= 0.6 is 0 Å². The van der Waals surface area contributed by atoms with Crippen LogP contribution in [-0.4, -0.2) is 22.6 Å². The molecule has 0 aliphatic heterocycles. The summed E-state index contributed by atoms with van der Waals surface area (Å²) in [4.78, 5) is 32.8. The molecule has 2 unspecified atom stereocenters. The van der Waals surface area contributed by atoms with Crippen molar-refractivity contribution < 1.29 is 19.5 Å². The third-order valence-corrected chi connectivity index (χ3v) is 3.29. The SMILES string of the molecule is CC(=O)C1CC(C(=O)C(=O)O)C1(C)C. The van der Waals surface area contributed by atoms with Crippen LogP contribution in [0.3, 0.4) is 0 Å². The quantitative estimate of drug-likeness (QED) is 0.683. The van der Waals surface area contributed by atoms with Gasteiger partial charge in [0.1, 0.15) is 5.78 Å². The molecule has 2 atom stereocenters. The van der Waals surface area contributed by atoms with Crippen LogP contribution in [0, 0.1) is 17.3 Å².